The molecule has 0 heterocycles. The second-order valence-electron chi connectivity index (χ2n) is 1.84. The van der Waals surface area contributed by atoms with Crippen molar-refractivity contribution in [3.63, 3.8) is 0 Å². The third-order valence-corrected chi connectivity index (χ3v) is 0.826. The van der Waals surface area contributed by atoms with Crippen LogP contribution in [0.15, 0.2) is 12.7 Å². The molecule has 0 aromatic carbocycles. The maximum absolute atomic E-state index is 5.43. The fraction of sp³-hybridized carbons (Fsp3) is 0.667. The number of rotatable bonds is 3. The van der Waals surface area contributed by atoms with Gasteiger partial charge in [-0.3, -0.25) is 0 Å². The van der Waals surface area contributed by atoms with E-state index in [1.165, 1.54) is 0 Å². The zero-order valence-electron chi connectivity index (χ0n) is 5.26. The molecular weight excluding hydrogens is 122 g/mol. The van der Waals surface area contributed by atoms with Gasteiger partial charge in [0.05, 0.1) is 0 Å². The molecule has 0 bridgehead atoms. The first-order valence-electron chi connectivity index (χ1n) is 2.64. The molecule has 2 N–H and O–H groups in total. The van der Waals surface area contributed by atoms with Gasteiger partial charge in [0.15, 0.2) is 0 Å². The van der Waals surface area contributed by atoms with Crippen molar-refractivity contribution in [1.29, 1.82) is 0 Å². The SMILES string of the molecule is C=CCC[C@H](C)N.Cl. The van der Waals surface area contributed by atoms with Gasteiger partial charge in [0.1, 0.15) is 0 Å². The molecule has 0 aliphatic rings. The summed E-state index contributed by atoms with van der Waals surface area (Å²) in [6, 6.07) is 0.331. The molecule has 0 saturated heterocycles. The van der Waals surface area contributed by atoms with E-state index in [1.807, 2.05) is 13.0 Å². The molecule has 0 rings (SSSR count). The third-order valence-electron chi connectivity index (χ3n) is 0.826. The Labute approximate surface area is 57.4 Å². The molecule has 0 aliphatic heterocycles. The van der Waals surface area contributed by atoms with Crippen LogP contribution < -0.4 is 5.73 Å². The van der Waals surface area contributed by atoms with E-state index >= 15 is 0 Å². The standard InChI is InChI=1S/C6H13N.ClH/c1-3-4-5-6(2)7;/h3,6H,1,4-5,7H2,2H3;1H/t6-;/m0./s1. The molecule has 1 nitrogen and oxygen atoms in total. The lowest BCUT2D eigenvalue weighted by Crippen LogP contribution is -2.13. The Kier molecular flexibility index (Phi) is 9.51. The smallest absolute Gasteiger partial charge is 0.00134 e. The van der Waals surface area contributed by atoms with Gasteiger partial charge in [-0.1, -0.05) is 6.08 Å². The molecule has 0 aliphatic carbocycles. The van der Waals surface area contributed by atoms with Crippen LogP contribution in [0.5, 0.6) is 0 Å². The second kappa shape index (κ2) is 6.99. The average molecular weight is 136 g/mol. The van der Waals surface area contributed by atoms with Gasteiger partial charge in [0, 0.05) is 6.04 Å². The summed E-state index contributed by atoms with van der Waals surface area (Å²) in [5.74, 6) is 0. The summed E-state index contributed by atoms with van der Waals surface area (Å²) >= 11 is 0. The van der Waals surface area contributed by atoms with E-state index in [2.05, 4.69) is 6.58 Å². The predicted octanol–water partition coefficient (Wildman–Crippen LogP) is 1.72. The molecule has 2 heteroatoms. The normalized spacial score (nSPS) is 11.8. The van der Waals surface area contributed by atoms with Crippen LogP contribution in [0.3, 0.4) is 0 Å². The average Bonchev–Trinajstić information content (AvgIpc) is 1.61. The van der Waals surface area contributed by atoms with E-state index in [4.69, 9.17) is 5.73 Å². The first-order chi connectivity index (χ1) is 3.27. The predicted molar refractivity (Wildman–Crippen MR) is 40.3 cm³/mol. The van der Waals surface area contributed by atoms with Gasteiger partial charge in [-0.15, -0.1) is 19.0 Å². The largest absolute Gasteiger partial charge is 0.328 e. The summed E-state index contributed by atoms with van der Waals surface area (Å²) in [6.07, 6.45) is 3.99. The minimum absolute atomic E-state index is 0. The van der Waals surface area contributed by atoms with Gasteiger partial charge in [0.2, 0.25) is 0 Å². The van der Waals surface area contributed by atoms with Crippen LogP contribution in [-0.4, -0.2) is 6.04 Å². The van der Waals surface area contributed by atoms with E-state index in [1.54, 1.807) is 0 Å². The lowest BCUT2D eigenvalue weighted by Gasteiger charge is -1.97. The van der Waals surface area contributed by atoms with Crippen LogP contribution in [0.25, 0.3) is 0 Å². The molecule has 50 valence electrons. The Morgan fingerprint density at radius 1 is 1.75 bits per heavy atom. The zero-order valence-corrected chi connectivity index (χ0v) is 6.08. The van der Waals surface area contributed by atoms with Crippen molar-refractivity contribution in [1.82, 2.24) is 0 Å². The van der Waals surface area contributed by atoms with Crippen LogP contribution in [-0.2, 0) is 0 Å². The van der Waals surface area contributed by atoms with Crippen LogP contribution in [0.2, 0.25) is 0 Å². The first kappa shape index (κ1) is 10.9. The fourth-order valence-electron chi connectivity index (χ4n) is 0.381. The lowest BCUT2D eigenvalue weighted by molar-refractivity contribution is 0.676. The summed E-state index contributed by atoms with van der Waals surface area (Å²) in [6.45, 7) is 5.58. The molecule has 1 atom stereocenters. The number of allylic oxidation sites excluding steroid dienone is 1. The Morgan fingerprint density at radius 2 is 2.25 bits per heavy atom. The van der Waals surface area contributed by atoms with Gasteiger partial charge in [-0.25, -0.2) is 0 Å². The van der Waals surface area contributed by atoms with E-state index in [9.17, 15) is 0 Å². The van der Waals surface area contributed by atoms with Crippen LogP contribution in [0, 0.1) is 0 Å². The molecule has 0 fully saturated rings. The number of halogens is 1. The monoisotopic (exact) mass is 135 g/mol. The van der Waals surface area contributed by atoms with E-state index in [-0.39, 0.29) is 12.4 Å². The topological polar surface area (TPSA) is 26.0 Å². The minimum atomic E-state index is 0. The molecule has 0 saturated carbocycles. The van der Waals surface area contributed by atoms with Crippen molar-refractivity contribution in [2.45, 2.75) is 25.8 Å². The molecule has 8 heavy (non-hydrogen) atoms. The van der Waals surface area contributed by atoms with Crippen molar-refractivity contribution in [2.75, 3.05) is 0 Å². The van der Waals surface area contributed by atoms with Crippen molar-refractivity contribution in [3.8, 4) is 0 Å². The Morgan fingerprint density at radius 3 is 2.38 bits per heavy atom. The highest BCUT2D eigenvalue weighted by molar-refractivity contribution is 5.85. The zero-order chi connectivity index (χ0) is 5.70. The van der Waals surface area contributed by atoms with Crippen molar-refractivity contribution < 1.29 is 0 Å². The van der Waals surface area contributed by atoms with Gasteiger partial charge in [0.25, 0.3) is 0 Å². The summed E-state index contributed by atoms with van der Waals surface area (Å²) in [4.78, 5) is 0. The van der Waals surface area contributed by atoms with Crippen molar-refractivity contribution in [2.24, 2.45) is 5.73 Å². The highest BCUT2D eigenvalue weighted by Crippen LogP contribution is 1.91. The third kappa shape index (κ3) is 9.37. The van der Waals surface area contributed by atoms with Gasteiger partial charge in [-0.05, 0) is 19.8 Å². The highest BCUT2D eigenvalue weighted by Gasteiger charge is 1.87. The summed E-state index contributed by atoms with van der Waals surface area (Å²) in [5, 5.41) is 0. The Balaban J connectivity index is 0. The maximum Gasteiger partial charge on any atom is 0.00134 e. The quantitative estimate of drug-likeness (QED) is 0.586. The summed E-state index contributed by atoms with van der Waals surface area (Å²) < 4.78 is 0. The van der Waals surface area contributed by atoms with Crippen LogP contribution in [0.1, 0.15) is 19.8 Å². The summed E-state index contributed by atoms with van der Waals surface area (Å²) in [7, 11) is 0. The summed E-state index contributed by atoms with van der Waals surface area (Å²) in [5.41, 5.74) is 5.43. The highest BCUT2D eigenvalue weighted by atomic mass is 35.5. The Hall–Kier alpha value is -0.0100. The first-order valence-corrected chi connectivity index (χ1v) is 2.64. The number of nitrogens with two attached hydrogens (primary N) is 1. The van der Waals surface area contributed by atoms with E-state index in [0.29, 0.717) is 6.04 Å². The number of hydrogen-bond donors (Lipinski definition) is 1. The lowest BCUT2D eigenvalue weighted by atomic mass is 10.2. The molecule has 0 aromatic heterocycles. The van der Waals surface area contributed by atoms with Gasteiger partial charge in [-0.2, -0.15) is 0 Å². The molecular formula is C6H14ClN. The van der Waals surface area contributed by atoms with E-state index < -0.39 is 0 Å². The molecule has 0 radical (unpaired) electrons. The van der Waals surface area contributed by atoms with Crippen LogP contribution in [0.4, 0.5) is 0 Å². The van der Waals surface area contributed by atoms with Crippen molar-refractivity contribution in [3.05, 3.63) is 12.7 Å². The maximum atomic E-state index is 5.43. The second-order valence-corrected chi connectivity index (χ2v) is 1.84. The Bertz CT molecular complexity index is 52.5. The molecule has 0 unspecified atom stereocenters. The fourth-order valence-corrected chi connectivity index (χ4v) is 0.381. The van der Waals surface area contributed by atoms with Crippen molar-refractivity contribution >= 4 is 12.4 Å². The number of hydrogen-bond acceptors (Lipinski definition) is 1. The molecule has 0 aromatic rings. The molecule has 0 amide bonds. The van der Waals surface area contributed by atoms with E-state index in [0.717, 1.165) is 12.8 Å². The molecule has 0 spiro atoms. The minimum Gasteiger partial charge on any atom is -0.328 e. The van der Waals surface area contributed by atoms with Gasteiger partial charge < -0.3 is 5.73 Å². The van der Waals surface area contributed by atoms with Gasteiger partial charge >= 0.3 is 0 Å². The van der Waals surface area contributed by atoms with Crippen LogP contribution >= 0.6 is 12.4 Å².